The predicted molar refractivity (Wildman–Crippen MR) is 106 cm³/mol. The van der Waals surface area contributed by atoms with Gasteiger partial charge in [-0.05, 0) is 43.2 Å². The maximum atomic E-state index is 12.5. The standard InChI is InChI=1S/C19H22Cl2N4O2/c20-16-6-4-13(22-11-14-5-7-17(21)25-24-14)10-15(16)18(26)23-12-19(27)8-2-1-3-9-19/h4-7,10,22,27H,1-3,8-9,11-12H2,(H,23,26). The summed E-state index contributed by atoms with van der Waals surface area (Å²) in [5.41, 5.74) is 1.00. The van der Waals surface area contributed by atoms with Gasteiger partial charge in [0, 0.05) is 12.2 Å². The Morgan fingerprint density at radius 3 is 2.59 bits per heavy atom. The van der Waals surface area contributed by atoms with Crippen molar-refractivity contribution in [2.75, 3.05) is 11.9 Å². The number of hydrogen-bond acceptors (Lipinski definition) is 5. The largest absolute Gasteiger partial charge is 0.388 e. The van der Waals surface area contributed by atoms with Crippen LogP contribution in [0.5, 0.6) is 0 Å². The summed E-state index contributed by atoms with van der Waals surface area (Å²) in [4.78, 5) is 12.5. The minimum absolute atomic E-state index is 0.236. The van der Waals surface area contributed by atoms with Crippen LogP contribution in [0.2, 0.25) is 10.2 Å². The number of rotatable bonds is 6. The number of carbonyl (C=O) groups is 1. The third kappa shape index (κ3) is 5.54. The lowest BCUT2D eigenvalue weighted by Gasteiger charge is -2.32. The van der Waals surface area contributed by atoms with E-state index < -0.39 is 5.60 Å². The van der Waals surface area contributed by atoms with Crippen molar-refractivity contribution in [2.45, 2.75) is 44.2 Å². The van der Waals surface area contributed by atoms with Gasteiger partial charge in [0.2, 0.25) is 0 Å². The average molecular weight is 409 g/mol. The van der Waals surface area contributed by atoms with Crippen LogP contribution < -0.4 is 10.6 Å². The molecule has 0 saturated heterocycles. The van der Waals surface area contributed by atoms with Crippen LogP contribution in [0, 0.1) is 0 Å². The monoisotopic (exact) mass is 408 g/mol. The van der Waals surface area contributed by atoms with Crippen molar-refractivity contribution in [3.05, 3.63) is 51.8 Å². The molecule has 0 radical (unpaired) electrons. The molecule has 0 bridgehead atoms. The van der Waals surface area contributed by atoms with Crippen LogP contribution >= 0.6 is 23.2 Å². The molecule has 1 aromatic heterocycles. The number of hydrogen-bond donors (Lipinski definition) is 3. The maximum Gasteiger partial charge on any atom is 0.252 e. The van der Waals surface area contributed by atoms with E-state index in [2.05, 4.69) is 20.8 Å². The lowest BCUT2D eigenvalue weighted by atomic mass is 9.85. The summed E-state index contributed by atoms with van der Waals surface area (Å²) in [7, 11) is 0. The van der Waals surface area contributed by atoms with E-state index in [9.17, 15) is 9.90 Å². The summed E-state index contributed by atoms with van der Waals surface area (Å²) >= 11 is 11.9. The molecule has 1 aliphatic rings. The molecule has 0 aliphatic heterocycles. The Bertz CT molecular complexity index is 793. The smallest absolute Gasteiger partial charge is 0.252 e. The van der Waals surface area contributed by atoms with Crippen LogP contribution in [0.1, 0.15) is 48.2 Å². The fourth-order valence-corrected chi connectivity index (χ4v) is 3.47. The molecule has 1 amide bonds. The van der Waals surface area contributed by atoms with Gasteiger partial charge in [0.15, 0.2) is 5.15 Å². The molecule has 1 heterocycles. The first-order valence-electron chi connectivity index (χ1n) is 8.97. The van der Waals surface area contributed by atoms with Crippen LogP contribution in [-0.2, 0) is 6.54 Å². The number of anilines is 1. The number of carbonyl (C=O) groups excluding carboxylic acids is 1. The fraction of sp³-hybridized carbons (Fsp3) is 0.421. The zero-order chi connectivity index (χ0) is 19.3. The first-order chi connectivity index (χ1) is 13.0. The normalized spacial score (nSPS) is 16.0. The van der Waals surface area contributed by atoms with Crippen LogP contribution in [0.25, 0.3) is 0 Å². The van der Waals surface area contributed by atoms with E-state index >= 15 is 0 Å². The van der Waals surface area contributed by atoms with Crippen molar-refractivity contribution in [3.8, 4) is 0 Å². The summed E-state index contributed by atoms with van der Waals surface area (Å²) in [6, 6.07) is 8.59. The van der Waals surface area contributed by atoms with Gasteiger partial charge >= 0.3 is 0 Å². The van der Waals surface area contributed by atoms with Gasteiger partial charge in [-0.2, -0.15) is 5.10 Å². The second kappa shape index (κ2) is 8.87. The number of nitrogens with one attached hydrogen (secondary N) is 2. The predicted octanol–water partition coefficient (Wildman–Crippen LogP) is 3.82. The van der Waals surface area contributed by atoms with Gasteiger partial charge < -0.3 is 15.7 Å². The maximum absolute atomic E-state index is 12.5. The first kappa shape index (κ1) is 19.9. The molecule has 6 nitrogen and oxygen atoms in total. The van der Waals surface area contributed by atoms with Crippen molar-refractivity contribution in [1.82, 2.24) is 15.5 Å². The lowest BCUT2D eigenvalue weighted by Crippen LogP contribution is -2.44. The van der Waals surface area contributed by atoms with Gasteiger partial charge in [-0.3, -0.25) is 4.79 Å². The van der Waals surface area contributed by atoms with Crippen molar-refractivity contribution in [3.63, 3.8) is 0 Å². The molecule has 0 spiro atoms. The molecule has 1 fully saturated rings. The third-order valence-electron chi connectivity index (χ3n) is 4.73. The topological polar surface area (TPSA) is 87.1 Å². The highest BCUT2D eigenvalue weighted by Gasteiger charge is 2.29. The highest BCUT2D eigenvalue weighted by molar-refractivity contribution is 6.34. The minimum atomic E-state index is -0.816. The van der Waals surface area contributed by atoms with E-state index in [4.69, 9.17) is 23.2 Å². The molecule has 8 heteroatoms. The Hall–Kier alpha value is -1.89. The molecular weight excluding hydrogens is 387 g/mol. The van der Waals surface area contributed by atoms with E-state index in [0.29, 0.717) is 35.1 Å². The van der Waals surface area contributed by atoms with E-state index in [-0.39, 0.29) is 12.5 Å². The summed E-state index contributed by atoms with van der Waals surface area (Å²) < 4.78 is 0. The number of nitrogens with zero attached hydrogens (tertiary/aromatic N) is 2. The summed E-state index contributed by atoms with van der Waals surface area (Å²) in [6.45, 7) is 0.673. The molecular formula is C19H22Cl2N4O2. The van der Waals surface area contributed by atoms with E-state index in [1.165, 1.54) is 0 Å². The number of amides is 1. The van der Waals surface area contributed by atoms with Crippen molar-refractivity contribution in [2.24, 2.45) is 0 Å². The van der Waals surface area contributed by atoms with Crippen LogP contribution in [0.15, 0.2) is 30.3 Å². The molecule has 144 valence electrons. The van der Waals surface area contributed by atoms with E-state index in [1.807, 2.05) is 0 Å². The van der Waals surface area contributed by atoms with E-state index in [0.717, 1.165) is 30.6 Å². The fourth-order valence-electron chi connectivity index (χ4n) is 3.17. The Morgan fingerprint density at radius 1 is 1.11 bits per heavy atom. The first-order valence-corrected chi connectivity index (χ1v) is 9.73. The zero-order valence-corrected chi connectivity index (χ0v) is 16.4. The molecule has 3 N–H and O–H groups in total. The molecule has 1 saturated carbocycles. The van der Waals surface area contributed by atoms with Crippen molar-refractivity contribution >= 4 is 34.8 Å². The highest BCUT2D eigenvalue weighted by atomic mass is 35.5. The average Bonchev–Trinajstić information content (AvgIpc) is 2.67. The van der Waals surface area contributed by atoms with Crippen LogP contribution in [-0.4, -0.2) is 33.4 Å². The van der Waals surface area contributed by atoms with Gasteiger partial charge in [-0.25, -0.2) is 0 Å². The molecule has 1 aromatic carbocycles. The highest BCUT2D eigenvalue weighted by Crippen LogP contribution is 2.27. The number of benzene rings is 1. The second-order valence-electron chi connectivity index (χ2n) is 6.86. The second-order valence-corrected chi connectivity index (χ2v) is 7.66. The molecule has 2 aromatic rings. The van der Waals surface area contributed by atoms with Gasteiger partial charge in [0.05, 0.1) is 28.4 Å². The van der Waals surface area contributed by atoms with Crippen molar-refractivity contribution < 1.29 is 9.90 Å². The Balaban J connectivity index is 1.61. The Kier molecular flexibility index (Phi) is 6.52. The molecule has 1 aliphatic carbocycles. The molecule has 3 rings (SSSR count). The molecule has 27 heavy (non-hydrogen) atoms. The third-order valence-corrected chi connectivity index (χ3v) is 5.27. The van der Waals surface area contributed by atoms with E-state index in [1.54, 1.807) is 30.3 Å². The quantitative estimate of drug-likeness (QED) is 0.675. The van der Waals surface area contributed by atoms with Gasteiger partial charge in [0.25, 0.3) is 5.91 Å². The summed E-state index contributed by atoms with van der Waals surface area (Å²) in [5.74, 6) is -0.297. The number of halogens is 2. The van der Waals surface area contributed by atoms with Gasteiger partial charge in [-0.15, -0.1) is 5.10 Å². The zero-order valence-electron chi connectivity index (χ0n) is 14.8. The summed E-state index contributed by atoms with van der Waals surface area (Å²) in [5, 5.41) is 25.0. The number of aliphatic hydroxyl groups is 1. The summed E-state index contributed by atoms with van der Waals surface area (Å²) in [6.07, 6.45) is 4.53. The Labute approximate surface area is 168 Å². The van der Waals surface area contributed by atoms with Crippen LogP contribution in [0.3, 0.4) is 0 Å². The number of aromatic nitrogens is 2. The van der Waals surface area contributed by atoms with Gasteiger partial charge in [0.1, 0.15) is 0 Å². The Morgan fingerprint density at radius 2 is 1.89 bits per heavy atom. The minimum Gasteiger partial charge on any atom is -0.388 e. The SMILES string of the molecule is O=C(NCC1(O)CCCCC1)c1cc(NCc2ccc(Cl)nn2)ccc1Cl. The lowest BCUT2D eigenvalue weighted by molar-refractivity contribution is 0.00526. The van der Waals surface area contributed by atoms with Gasteiger partial charge in [-0.1, -0.05) is 42.5 Å². The molecule has 0 atom stereocenters. The van der Waals surface area contributed by atoms with Crippen molar-refractivity contribution in [1.29, 1.82) is 0 Å². The van der Waals surface area contributed by atoms with Crippen LogP contribution in [0.4, 0.5) is 5.69 Å². The molecule has 0 unspecified atom stereocenters.